The highest BCUT2D eigenvalue weighted by atomic mass is 35.5. The van der Waals surface area contributed by atoms with Crippen molar-refractivity contribution in [1.29, 1.82) is 0 Å². The Morgan fingerprint density at radius 1 is 1.23 bits per heavy atom. The van der Waals surface area contributed by atoms with Gasteiger partial charge in [-0.25, -0.2) is 4.98 Å². The monoisotopic (exact) mass is 402 g/mol. The van der Waals surface area contributed by atoms with Crippen LogP contribution in [0.3, 0.4) is 0 Å². The molecule has 0 aliphatic carbocycles. The second-order valence-electron chi connectivity index (χ2n) is 6.68. The molecule has 2 aromatic rings. The lowest BCUT2D eigenvalue weighted by Crippen LogP contribution is -2.45. The van der Waals surface area contributed by atoms with E-state index in [2.05, 4.69) is 29.8 Å². The fourth-order valence-corrected chi connectivity index (χ4v) is 3.27. The van der Waals surface area contributed by atoms with E-state index in [1.807, 2.05) is 32.0 Å². The lowest BCUT2D eigenvalue weighted by atomic mass is 9.81. The largest absolute Gasteiger partial charge is 0.355 e. The minimum absolute atomic E-state index is 0. The molecule has 0 saturated carbocycles. The van der Waals surface area contributed by atoms with Crippen molar-refractivity contribution < 1.29 is 4.79 Å². The first-order chi connectivity index (χ1) is 11.5. The van der Waals surface area contributed by atoms with Gasteiger partial charge in [-0.1, -0.05) is 26.0 Å². The third-order valence-corrected chi connectivity index (χ3v) is 5.05. The van der Waals surface area contributed by atoms with Gasteiger partial charge in [0.1, 0.15) is 5.82 Å². The highest BCUT2D eigenvalue weighted by molar-refractivity contribution is 5.85. The molecule has 0 radical (unpaired) electrons. The maximum absolute atomic E-state index is 12.5. The molecule has 0 spiro atoms. The van der Waals surface area contributed by atoms with Crippen molar-refractivity contribution >= 4 is 41.8 Å². The number of hydrogen-bond acceptors (Lipinski definition) is 3. The number of nitrogens with two attached hydrogens (primary N) is 1. The first-order valence-corrected chi connectivity index (χ1v) is 8.93. The third-order valence-electron chi connectivity index (χ3n) is 5.05. The molecule has 5 nitrogen and oxygen atoms in total. The first-order valence-electron chi connectivity index (χ1n) is 8.93. The van der Waals surface area contributed by atoms with E-state index in [4.69, 9.17) is 10.7 Å². The van der Waals surface area contributed by atoms with E-state index in [1.54, 1.807) is 0 Å². The first kappa shape index (κ1) is 24.7. The molecule has 0 atom stereocenters. The molecule has 0 bridgehead atoms. The van der Waals surface area contributed by atoms with E-state index in [0.29, 0.717) is 25.6 Å². The number of halogens is 2. The zero-order chi connectivity index (χ0) is 17.7. The number of rotatable bonds is 8. The van der Waals surface area contributed by atoms with Crippen LogP contribution < -0.4 is 11.1 Å². The van der Waals surface area contributed by atoms with Gasteiger partial charge in [-0.15, -0.1) is 24.8 Å². The normalized spacial score (nSPS) is 11.2. The SMILES string of the molecule is CCC(CC)(CN)C(=O)NCCc1nc2ccccc2n1C(C)C.Cl.Cl. The van der Waals surface area contributed by atoms with Crippen molar-refractivity contribution in [2.45, 2.75) is 53.0 Å². The summed E-state index contributed by atoms with van der Waals surface area (Å²) in [6.45, 7) is 9.32. The van der Waals surface area contributed by atoms with Gasteiger partial charge in [0, 0.05) is 25.6 Å². The fraction of sp³-hybridized carbons (Fsp3) is 0.579. The van der Waals surface area contributed by atoms with E-state index < -0.39 is 5.41 Å². The molecule has 0 saturated heterocycles. The highest BCUT2D eigenvalue weighted by Crippen LogP contribution is 2.25. The summed E-state index contributed by atoms with van der Waals surface area (Å²) in [7, 11) is 0. The Morgan fingerprint density at radius 2 is 1.85 bits per heavy atom. The Balaban J connectivity index is 0.00000312. The molecule has 1 aromatic carbocycles. The molecule has 7 heteroatoms. The lowest BCUT2D eigenvalue weighted by molar-refractivity contribution is -0.131. The Morgan fingerprint density at radius 3 is 2.38 bits per heavy atom. The number of benzene rings is 1. The number of para-hydroxylation sites is 2. The summed E-state index contributed by atoms with van der Waals surface area (Å²) in [5.74, 6) is 1.07. The number of amides is 1. The van der Waals surface area contributed by atoms with E-state index >= 15 is 0 Å². The second-order valence-corrected chi connectivity index (χ2v) is 6.68. The lowest BCUT2D eigenvalue weighted by Gasteiger charge is -2.28. The van der Waals surface area contributed by atoms with Gasteiger partial charge in [0.2, 0.25) is 5.91 Å². The van der Waals surface area contributed by atoms with Gasteiger partial charge in [0.15, 0.2) is 0 Å². The summed E-state index contributed by atoms with van der Waals surface area (Å²) in [5, 5.41) is 3.06. The standard InChI is InChI=1S/C19H30N4O.2ClH/c1-5-19(6-2,13-20)18(24)21-12-11-17-22-15-9-7-8-10-16(15)23(17)14(3)4;;/h7-10,14H,5-6,11-13,20H2,1-4H3,(H,21,24);2*1H. The molecule has 148 valence electrons. The van der Waals surface area contributed by atoms with Crippen LogP contribution in [0.2, 0.25) is 0 Å². The Bertz CT molecular complexity index is 688. The van der Waals surface area contributed by atoms with Gasteiger partial charge in [0.25, 0.3) is 0 Å². The summed E-state index contributed by atoms with van der Waals surface area (Å²) in [6, 6.07) is 8.50. The molecule has 1 aromatic heterocycles. The number of fused-ring (bicyclic) bond motifs is 1. The van der Waals surface area contributed by atoms with Gasteiger partial charge in [0.05, 0.1) is 16.4 Å². The van der Waals surface area contributed by atoms with E-state index in [9.17, 15) is 4.79 Å². The number of hydrogen-bond donors (Lipinski definition) is 2. The number of nitrogens with zero attached hydrogens (tertiary/aromatic N) is 2. The molecule has 1 amide bonds. The number of aromatic nitrogens is 2. The molecule has 1 heterocycles. The molecule has 0 aliphatic rings. The zero-order valence-corrected chi connectivity index (χ0v) is 17.8. The summed E-state index contributed by atoms with van der Waals surface area (Å²) in [5.41, 5.74) is 7.55. The van der Waals surface area contributed by atoms with Gasteiger partial charge < -0.3 is 15.6 Å². The zero-order valence-electron chi connectivity index (χ0n) is 16.1. The molecular weight excluding hydrogens is 371 g/mol. The van der Waals surface area contributed by atoms with Gasteiger partial charge in [-0.05, 0) is 38.8 Å². The van der Waals surface area contributed by atoms with Crippen LogP contribution in [0, 0.1) is 5.41 Å². The smallest absolute Gasteiger partial charge is 0.227 e. The maximum Gasteiger partial charge on any atom is 0.227 e. The average molecular weight is 403 g/mol. The van der Waals surface area contributed by atoms with Crippen molar-refractivity contribution in [3.05, 3.63) is 30.1 Å². The number of nitrogens with one attached hydrogen (secondary N) is 1. The molecular formula is C19H32Cl2N4O. The van der Waals surface area contributed by atoms with E-state index in [-0.39, 0.29) is 30.7 Å². The van der Waals surface area contributed by atoms with Crippen LogP contribution in [-0.4, -0.2) is 28.5 Å². The average Bonchev–Trinajstić information content (AvgIpc) is 2.95. The van der Waals surface area contributed by atoms with Crippen LogP contribution in [0.1, 0.15) is 52.4 Å². The van der Waals surface area contributed by atoms with Gasteiger partial charge >= 0.3 is 0 Å². The third kappa shape index (κ3) is 4.90. The van der Waals surface area contributed by atoms with Crippen molar-refractivity contribution in [2.75, 3.05) is 13.1 Å². The van der Waals surface area contributed by atoms with Crippen molar-refractivity contribution in [3.63, 3.8) is 0 Å². The predicted molar refractivity (Wildman–Crippen MR) is 113 cm³/mol. The predicted octanol–water partition coefficient (Wildman–Crippen LogP) is 3.88. The van der Waals surface area contributed by atoms with Crippen LogP contribution >= 0.6 is 24.8 Å². The fourth-order valence-electron chi connectivity index (χ4n) is 3.27. The van der Waals surface area contributed by atoms with Crippen LogP contribution in [0.5, 0.6) is 0 Å². The Labute approximate surface area is 168 Å². The molecule has 0 aliphatic heterocycles. The summed E-state index contributed by atoms with van der Waals surface area (Å²) >= 11 is 0. The highest BCUT2D eigenvalue weighted by Gasteiger charge is 2.32. The Kier molecular flexibility index (Phi) is 10.2. The van der Waals surface area contributed by atoms with Crippen LogP contribution in [0.15, 0.2) is 24.3 Å². The number of carbonyl (C=O) groups excluding carboxylic acids is 1. The molecule has 0 unspecified atom stereocenters. The molecule has 2 rings (SSSR count). The molecule has 3 N–H and O–H groups in total. The minimum atomic E-state index is -0.446. The topological polar surface area (TPSA) is 72.9 Å². The van der Waals surface area contributed by atoms with Gasteiger partial charge in [-0.3, -0.25) is 4.79 Å². The van der Waals surface area contributed by atoms with Crippen molar-refractivity contribution in [1.82, 2.24) is 14.9 Å². The van der Waals surface area contributed by atoms with Crippen molar-refractivity contribution in [2.24, 2.45) is 11.1 Å². The summed E-state index contributed by atoms with van der Waals surface area (Å²) < 4.78 is 2.25. The quantitative estimate of drug-likeness (QED) is 0.703. The number of carbonyl (C=O) groups is 1. The second kappa shape index (κ2) is 10.8. The summed E-state index contributed by atoms with van der Waals surface area (Å²) in [6.07, 6.45) is 2.24. The van der Waals surface area contributed by atoms with Gasteiger partial charge in [-0.2, -0.15) is 0 Å². The molecule has 26 heavy (non-hydrogen) atoms. The minimum Gasteiger partial charge on any atom is -0.355 e. The van der Waals surface area contributed by atoms with Crippen LogP contribution in [0.25, 0.3) is 11.0 Å². The Hall–Kier alpha value is -1.30. The molecule has 0 fully saturated rings. The number of imidazole rings is 1. The van der Waals surface area contributed by atoms with Crippen LogP contribution in [0.4, 0.5) is 0 Å². The summed E-state index contributed by atoms with van der Waals surface area (Å²) in [4.78, 5) is 17.3. The van der Waals surface area contributed by atoms with E-state index in [0.717, 1.165) is 29.7 Å². The van der Waals surface area contributed by atoms with Crippen LogP contribution in [-0.2, 0) is 11.2 Å². The van der Waals surface area contributed by atoms with Crippen molar-refractivity contribution in [3.8, 4) is 0 Å². The van der Waals surface area contributed by atoms with E-state index in [1.165, 1.54) is 0 Å². The maximum atomic E-state index is 12.5.